The van der Waals surface area contributed by atoms with Crippen LogP contribution in [-0.2, 0) is 11.3 Å². The monoisotopic (exact) mass is 405 g/mol. The molecule has 0 fully saturated rings. The fourth-order valence-corrected chi connectivity index (χ4v) is 3.75. The van der Waals surface area contributed by atoms with Crippen LogP contribution in [0.2, 0.25) is 0 Å². The summed E-state index contributed by atoms with van der Waals surface area (Å²) in [5.41, 5.74) is 3.44. The summed E-state index contributed by atoms with van der Waals surface area (Å²) in [6.07, 6.45) is 5.87. The van der Waals surface area contributed by atoms with E-state index in [0.29, 0.717) is 17.8 Å². The van der Waals surface area contributed by atoms with Crippen LogP contribution in [-0.4, -0.2) is 26.7 Å². The summed E-state index contributed by atoms with van der Waals surface area (Å²) in [6, 6.07) is 19.1. The maximum absolute atomic E-state index is 12.8. The molecule has 3 rings (SSSR count). The zero-order chi connectivity index (χ0) is 20.8. The van der Waals surface area contributed by atoms with Crippen molar-refractivity contribution >= 4 is 29.6 Å². The summed E-state index contributed by atoms with van der Waals surface area (Å²) in [7, 11) is 0. The number of rotatable bonds is 8. The predicted octanol–water partition coefficient (Wildman–Crippen LogP) is 5.31. The molecule has 148 valence electrons. The molecule has 0 saturated carbocycles. The molecule has 29 heavy (non-hydrogen) atoms. The van der Waals surface area contributed by atoms with Gasteiger partial charge in [-0.05, 0) is 43.7 Å². The minimum Gasteiger partial charge on any atom is -0.480 e. The van der Waals surface area contributed by atoms with Gasteiger partial charge in [-0.1, -0.05) is 54.1 Å². The number of benzene rings is 2. The highest BCUT2D eigenvalue weighted by Gasteiger charge is 2.13. The van der Waals surface area contributed by atoms with Gasteiger partial charge >= 0.3 is 5.97 Å². The van der Waals surface area contributed by atoms with E-state index in [1.54, 1.807) is 6.92 Å². The van der Waals surface area contributed by atoms with Gasteiger partial charge in [0, 0.05) is 23.2 Å². The van der Waals surface area contributed by atoms with Crippen molar-refractivity contribution in [3.05, 3.63) is 95.3 Å². The van der Waals surface area contributed by atoms with Crippen molar-refractivity contribution in [1.29, 1.82) is 0 Å². The Hall–Kier alpha value is -3.05. The normalized spacial score (nSPS) is 12.2. The fraction of sp³-hybridized carbons (Fsp3) is 0.167. The van der Waals surface area contributed by atoms with Crippen LogP contribution in [0.15, 0.2) is 77.8 Å². The quantitative estimate of drug-likeness (QED) is 0.408. The number of hydrogen-bond donors (Lipinski definition) is 1. The Labute approximate surface area is 174 Å². The molecule has 5 heteroatoms. The predicted molar refractivity (Wildman–Crippen MR) is 117 cm³/mol. The van der Waals surface area contributed by atoms with Gasteiger partial charge in [0.15, 0.2) is 0 Å². The first-order valence-corrected chi connectivity index (χ1v) is 10.2. The second kappa shape index (κ2) is 9.43. The van der Waals surface area contributed by atoms with E-state index >= 15 is 0 Å². The van der Waals surface area contributed by atoms with Gasteiger partial charge in [-0.15, -0.1) is 11.8 Å². The van der Waals surface area contributed by atoms with Crippen molar-refractivity contribution in [3.63, 3.8) is 0 Å². The van der Waals surface area contributed by atoms with Crippen LogP contribution in [0.3, 0.4) is 0 Å². The molecule has 0 bridgehead atoms. The number of thioether (sulfide) groups is 1. The zero-order valence-electron chi connectivity index (χ0n) is 16.4. The summed E-state index contributed by atoms with van der Waals surface area (Å²) >= 11 is 1.32. The lowest BCUT2D eigenvalue weighted by Gasteiger charge is -2.07. The van der Waals surface area contributed by atoms with Crippen LogP contribution in [0.25, 0.3) is 6.08 Å². The molecule has 0 aliphatic heterocycles. The van der Waals surface area contributed by atoms with Crippen LogP contribution in [0.4, 0.5) is 0 Å². The zero-order valence-corrected chi connectivity index (χ0v) is 17.2. The fourth-order valence-electron chi connectivity index (χ4n) is 2.88. The number of allylic oxidation sites excluding steroid dienone is 1. The molecule has 0 saturated heterocycles. The summed E-state index contributed by atoms with van der Waals surface area (Å²) in [5.74, 6) is -0.821. The molecule has 2 aromatic carbocycles. The molecule has 0 aliphatic carbocycles. The lowest BCUT2D eigenvalue weighted by molar-refractivity contribution is -0.136. The Bertz CT molecular complexity index is 1030. The first-order valence-electron chi connectivity index (χ1n) is 9.36. The van der Waals surface area contributed by atoms with E-state index < -0.39 is 11.2 Å². The van der Waals surface area contributed by atoms with E-state index in [0.717, 1.165) is 16.0 Å². The van der Waals surface area contributed by atoms with E-state index in [4.69, 9.17) is 5.11 Å². The summed E-state index contributed by atoms with van der Waals surface area (Å²) in [6.45, 7) is 4.24. The third kappa shape index (κ3) is 5.48. The lowest BCUT2D eigenvalue weighted by Crippen LogP contribution is -2.10. The Kier molecular flexibility index (Phi) is 6.73. The standard InChI is InChI=1S/C24H23NO3S/c1-17-10-12-20(13-11-17)23(26)22-9-5-15-25(22)14-4-7-19-6-3-8-21(16-19)29-18(2)24(27)28/h3-13,15-16,18H,14H2,1-2H3,(H,27,28). The van der Waals surface area contributed by atoms with Gasteiger partial charge < -0.3 is 9.67 Å². The second-order valence-corrected chi connectivity index (χ2v) is 8.23. The number of carboxylic acids is 1. The van der Waals surface area contributed by atoms with E-state index in [1.165, 1.54) is 11.8 Å². The minimum absolute atomic E-state index is 0.00413. The summed E-state index contributed by atoms with van der Waals surface area (Å²) in [4.78, 5) is 24.7. The third-order valence-corrected chi connectivity index (χ3v) is 5.59. The third-order valence-electron chi connectivity index (χ3n) is 4.51. The molecule has 0 amide bonds. The number of hydrogen-bond acceptors (Lipinski definition) is 3. The van der Waals surface area contributed by atoms with E-state index in [2.05, 4.69) is 0 Å². The van der Waals surface area contributed by atoms with Crippen molar-refractivity contribution in [1.82, 2.24) is 4.57 Å². The second-order valence-electron chi connectivity index (χ2n) is 6.81. The maximum Gasteiger partial charge on any atom is 0.316 e. The van der Waals surface area contributed by atoms with Crippen LogP contribution >= 0.6 is 11.8 Å². The number of carbonyl (C=O) groups excluding carboxylic acids is 1. The van der Waals surface area contributed by atoms with E-state index in [-0.39, 0.29) is 5.78 Å². The van der Waals surface area contributed by atoms with Crippen LogP contribution in [0.1, 0.15) is 34.1 Å². The molecule has 4 nitrogen and oxygen atoms in total. The van der Waals surface area contributed by atoms with Gasteiger partial charge in [-0.3, -0.25) is 9.59 Å². The van der Waals surface area contributed by atoms with Gasteiger partial charge in [0.1, 0.15) is 5.25 Å². The maximum atomic E-state index is 12.8. The molecular weight excluding hydrogens is 382 g/mol. The van der Waals surface area contributed by atoms with Gasteiger partial charge in [0.05, 0.1) is 5.69 Å². The first kappa shape index (κ1) is 20.7. The molecule has 0 radical (unpaired) electrons. The molecule has 1 heterocycles. The highest BCUT2D eigenvalue weighted by Crippen LogP contribution is 2.24. The Morgan fingerprint density at radius 2 is 1.86 bits per heavy atom. The topological polar surface area (TPSA) is 59.3 Å². The Morgan fingerprint density at radius 3 is 2.59 bits per heavy atom. The van der Waals surface area contributed by atoms with Crippen molar-refractivity contribution in [2.75, 3.05) is 0 Å². The molecule has 3 aromatic rings. The van der Waals surface area contributed by atoms with Crippen molar-refractivity contribution in [2.45, 2.75) is 30.5 Å². The highest BCUT2D eigenvalue weighted by molar-refractivity contribution is 8.00. The molecule has 0 aliphatic rings. The largest absolute Gasteiger partial charge is 0.480 e. The molecule has 1 atom stereocenters. The Morgan fingerprint density at radius 1 is 1.10 bits per heavy atom. The minimum atomic E-state index is -0.825. The first-order chi connectivity index (χ1) is 13.9. The van der Waals surface area contributed by atoms with E-state index in [1.807, 2.05) is 90.5 Å². The number of carbonyl (C=O) groups is 2. The SMILES string of the molecule is Cc1ccc(C(=O)c2cccn2CC=Cc2cccc(SC(C)C(=O)O)c2)cc1. The summed E-state index contributed by atoms with van der Waals surface area (Å²) in [5, 5.41) is 8.57. The number of aryl methyl sites for hydroxylation is 1. The van der Waals surface area contributed by atoms with Crippen molar-refractivity contribution in [2.24, 2.45) is 0 Å². The smallest absolute Gasteiger partial charge is 0.316 e. The molecule has 1 unspecified atom stereocenters. The number of carboxylic acid groups (broad SMARTS) is 1. The average Bonchev–Trinajstić information content (AvgIpc) is 3.17. The molecular formula is C24H23NO3S. The average molecular weight is 406 g/mol. The van der Waals surface area contributed by atoms with Crippen LogP contribution in [0, 0.1) is 6.92 Å². The van der Waals surface area contributed by atoms with Crippen LogP contribution in [0.5, 0.6) is 0 Å². The summed E-state index contributed by atoms with van der Waals surface area (Å²) < 4.78 is 1.92. The van der Waals surface area contributed by atoms with Crippen molar-refractivity contribution < 1.29 is 14.7 Å². The number of ketones is 1. The number of aromatic nitrogens is 1. The van der Waals surface area contributed by atoms with Crippen LogP contribution < -0.4 is 0 Å². The van der Waals surface area contributed by atoms with E-state index in [9.17, 15) is 9.59 Å². The number of aliphatic carboxylic acids is 1. The Balaban J connectivity index is 1.69. The van der Waals surface area contributed by atoms with Gasteiger partial charge in [0.2, 0.25) is 5.78 Å². The van der Waals surface area contributed by atoms with Crippen molar-refractivity contribution in [3.8, 4) is 0 Å². The van der Waals surface area contributed by atoms with Gasteiger partial charge in [0.25, 0.3) is 0 Å². The molecule has 1 aromatic heterocycles. The van der Waals surface area contributed by atoms with Gasteiger partial charge in [-0.25, -0.2) is 0 Å². The molecule has 1 N–H and O–H groups in total. The highest BCUT2D eigenvalue weighted by atomic mass is 32.2. The number of nitrogens with zero attached hydrogens (tertiary/aromatic N) is 1. The lowest BCUT2D eigenvalue weighted by atomic mass is 10.1. The molecule has 0 spiro atoms. The van der Waals surface area contributed by atoms with Gasteiger partial charge in [-0.2, -0.15) is 0 Å².